The van der Waals surface area contributed by atoms with Gasteiger partial charge in [0.1, 0.15) is 12.4 Å². The number of rotatable bonds is 9. The molecule has 0 aliphatic heterocycles. The van der Waals surface area contributed by atoms with Crippen LogP contribution in [0.25, 0.3) is 0 Å². The van der Waals surface area contributed by atoms with Crippen LogP contribution in [0.4, 0.5) is 0 Å². The zero-order valence-electron chi connectivity index (χ0n) is 12.3. The largest absolute Gasteiger partial charge is 0.492 e. The fourth-order valence-corrected chi connectivity index (χ4v) is 2.38. The lowest BCUT2D eigenvalue weighted by Crippen LogP contribution is -2.36. The lowest BCUT2D eigenvalue weighted by Gasteiger charge is -2.23. The number of ether oxygens (including phenoxy) is 1. The minimum atomic E-state index is 0.422. The van der Waals surface area contributed by atoms with E-state index in [2.05, 4.69) is 26.1 Å². The van der Waals surface area contributed by atoms with Gasteiger partial charge in [-0.05, 0) is 43.1 Å². The van der Waals surface area contributed by atoms with Gasteiger partial charge in [0.15, 0.2) is 0 Å². The summed E-state index contributed by atoms with van der Waals surface area (Å²) in [6.45, 7) is 8.36. The highest BCUT2D eigenvalue weighted by atomic mass is 35.5. The smallest absolute Gasteiger partial charge is 0.119 e. The minimum Gasteiger partial charge on any atom is -0.492 e. The van der Waals surface area contributed by atoms with E-state index in [9.17, 15) is 0 Å². The maximum absolute atomic E-state index is 5.86. The van der Waals surface area contributed by atoms with Crippen molar-refractivity contribution in [2.75, 3.05) is 13.2 Å². The van der Waals surface area contributed by atoms with Crippen molar-refractivity contribution in [2.24, 2.45) is 5.92 Å². The Bertz CT molecular complexity index is 335. The second-order valence-corrected chi connectivity index (χ2v) is 5.37. The molecule has 0 aromatic heterocycles. The van der Waals surface area contributed by atoms with Crippen molar-refractivity contribution in [1.82, 2.24) is 5.32 Å². The van der Waals surface area contributed by atoms with Crippen LogP contribution in [0.5, 0.6) is 5.75 Å². The van der Waals surface area contributed by atoms with Gasteiger partial charge in [-0.25, -0.2) is 0 Å². The molecule has 0 saturated carbocycles. The molecule has 1 rings (SSSR count). The van der Waals surface area contributed by atoms with E-state index in [4.69, 9.17) is 16.3 Å². The van der Waals surface area contributed by atoms with E-state index in [1.165, 1.54) is 19.3 Å². The van der Waals surface area contributed by atoms with E-state index < -0.39 is 0 Å². The van der Waals surface area contributed by atoms with E-state index in [1.54, 1.807) is 0 Å². The minimum absolute atomic E-state index is 0.422. The van der Waals surface area contributed by atoms with Crippen molar-refractivity contribution >= 4 is 11.6 Å². The van der Waals surface area contributed by atoms with Gasteiger partial charge in [0.05, 0.1) is 0 Å². The Labute approximate surface area is 122 Å². The fraction of sp³-hybridized carbons (Fsp3) is 0.625. The number of likely N-dealkylation sites (N-methyl/N-ethyl adjacent to an activating group) is 1. The second kappa shape index (κ2) is 9.22. The molecule has 2 nitrogen and oxygen atoms in total. The van der Waals surface area contributed by atoms with Gasteiger partial charge >= 0.3 is 0 Å². The molecule has 0 fully saturated rings. The van der Waals surface area contributed by atoms with E-state index in [-0.39, 0.29) is 0 Å². The molecule has 1 N–H and O–H groups in total. The van der Waals surface area contributed by atoms with Crippen molar-refractivity contribution in [3.63, 3.8) is 0 Å². The number of hydrogen-bond acceptors (Lipinski definition) is 2. The van der Waals surface area contributed by atoms with E-state index in [0.717, 1.165) is 23.2 Å². The molecule has 0 spiro atoms. The van der Waals surface area contributed by atoms with Crippen LogP contribution in [0.1, 0.15) is 40.0 Å². The fourth-order valence-electron chi connectivity index (χ4n) is 2.25. The van der Waals surface area contributed by atoms with Crippen LogP contribution in [0.15, 0.2) is 24.3 Å². The van der Waals surface area contributed by atoms with Gasteiger partial charge in [-0.1, -0.05) is 45.2 Å². The molecule has 0 bridgehead atoms. The number of nitrogens with one attached hydrogen (secondary N) is 1. The van der Waals surface area contributed by atoms with Crippen molar-refractivity contribution in [3.05, 3.63) is 29.3 Å². The average Bonchev–Trinajstić information content (AvgIpc) is 2.43. The maximum atomic E-state index is 5.86. The summed E-state index contributed by atoms with van der Waals surface area (Å²) in [5.74, 6) is 1.66. The first-order valence-electron chi connectivity index (χ1n) is 7.31. The highest BCUT2D eigenvalue weighted by Gasteiger charge is 2.14. The molecule has 3 heteroatoms. The number of benzene rings is 1. The molecule has 1 aromatic carbocycles. The molecule has 0 saturated heterocycles. The normalized spacial score (nSPS) is 12.7. The predicted molar refractivity (Wildman–Crippen MR) is 83.1 cm³/mol. The highest BCUT2D eigenvalue weighted by Crippen LogP contribution is 2.18. The third kappa shape index (κ3) is 6.31. The first-order valence-corrected chi connectivity index (χ1v) is 7.69. The third-order valence-electron chi connectivity index (χ3n) is 3.53. The van der Waals surface area contributed by atoms with Crippen LogP contribution >= 0.6 is 11.6 Å². The van der Waals surface area contributed by atoms with Crippen molar-refractivity contribution in [2.45, 2.75) is 46.1 Å². The Balaban J connectivity index is 2.46. The van der Waals surface area contributed by atoms with E-state index >= 15 is 0 Å². The Hall–Kier alpha value is -0.730. The summed E-state index contributed by atoms with van der Waals surface area (Å²) in [6.07, 6.45) is 3.65. The summed E-state index contributed by atoms with van der Waals surface area (Å²) in [6, 6.07) is 7.98. The van der Waals surface area contributed by atoms with E-state index in [0.29, 0.717) is 12.6 Å². The molecule has 0 amide bonds. The van der Waals surface area contributed by atoms with Crippen molar-refractivity contribution in [3.8, 4) is 5.75 Å². The molecule has 1 aromatic rings. The van der Waals surface area contributed by atoms with Crippen molar-refractivity contribution < 1.29 is 4.74 Å². The lowest BCUT2D eigenvalue weighted by atomic mass is 9.95. The highest BCUT2D eigenvalue weighted by molar-refractivity contribution is 6.30. The monoisotopic (exact) mass is 283 g/mol. The van der Waals surface area contributed by atoms with Gasteiger partial charge in [-0.15, -0.1) is 0 Å². The molecule has 1 unspecified atom stereocenters. The molecule has 0 aliphatic carbocycles. The summed E-state index contributed by atoms with van der Waals surface area (Å²) in [4.78, 5) is 0. The van der Waals surface area contributed by atoms with E-state index in [1.807, 2.05) is 24.3 Å². The Kier molecular flexibility index (Phi) is 7.92. The zero-order chi connectivity index (χ0) is 14.1. The topological polar surface area (TPSA) is 21.3 Å². The first kappa shape index (κ1) is 16.3. The lowest BCUT2D eigenvalue weighted by molar-refractivity contribution is 0.236. The molecule has 1 atom stereocenters. The summed E-state index contributed by atoms with van der Waals surface area (Å²) in [7, 11) is 0. The summed E-state index contributed by atoms with van der Waals surface area (Å²) in [5.41, 5.74) is 0. The van der Waals surface area contributed by atoms with Gasteiger partial charge in [0.2, 0.25) is 0 Å². The molecule has 19 heavy (non-hydrogen) atoms. The molecular weight excluding hydrogens is 258 g/mol. The average molecular weight is 284 g/mol. The van der Waals surface area contributed by atoms with Gasteiger partial charge < -0.3 is 10.1 Å². The third-order valence-corrected chi connectivity index (χ3v) is 3.78. The zero-order valence-corrected chi connectivity index (χ0v) is 13.0. The van der Waals surface area contributed by atoms with Crippen LogP contribution in [-0.4, -0.2) is 19.2 Å². The maximum Gasteiger partial charge on any atom is 0.119 e. The predicted octanol–water partition coefficient (Wildman–Crippen LogP) is 4.52. The van der Waals surface area contributed by atoms with Gasteiger partial charge in [-0.2, -0.15) is 0 Å². The summed E-state index contributed by atoms with van der Waals surface area (Å²) >= 11 is 5.86. The molecule has 0 aliphatic rings. The second-order valence-electron chi connectivity index (χ2n) is 4.94. The Morgan fingerprint density at radius 2 is 1.74 bits per heavy atom. The van der Waals surface area contributed by atoms with Crippen LogP contribution in [-0.2, 0) is 0 Å². The van der Waals surface area contributed by atoms with Gasteiger partial charge in [0, 0.05) is 11.1 Å². The van der Waals surface area contributed by atoms with Crippen molar-refractivity contribution in [1.29, 1.82) is 0 Å². The first-order chi connectivity index (χ1) is 9.19. The molecule has 0 heterocycles. The van der Waals surface area contributed by atoms with Gasteiger partial charge in [-0.3, -0.25) is 0 Å². The summed E-state index contributed by atoms with van der Waals surface area (Å²) in [5, 5.41) is 4.26. The molecule has 0 radical (unpaired) electrons. The van der Waals surface area contributed by atoms with Crippen LogP contribution in [0.3, 0.4) is 0 Å². The van der Waals surface area contributed by atoms with Crippen LogP contribution in [0, 0.1) is 5.92 Å². The molecule has 108 valence electrons. The quantitative estimate of drug-likeness (QED) is 0.719. The Morgan fingerprint density at radius 1 is 1.11 bits per heavy atom. The van der Waals surface area contributed by atoms with Gasteiger partial charge in [0.25, 0.3) is 0 Å². The standard InChI is InChI=1S/C16H26ClNO/c1-4-13(5-2)11-15(18-6-3)12-19-16-9-7-14(17)8-10-16/h7-10,13,15,18H,4-6,11-12H2,1-3H3. The molecular formula is C16H26ClNO. The SMILES string of the molecule is CCNC(COc1ccc(Cl)cc1)CC(CC)CC. The number of hydrogen-bond donors (Lipinski definition) is 1. The number of halogens is 1. The summed E-state index contributed by atoms with van der Waals surface area (Å²) < 4.78 is 5.84. The van der Waals surface area contributed by atoms with Crippen LogP contribution in [0.2, 0.25) is 5.02 Å². The van der Waals surface area contributed by atoms with Crippen LogP contribution < -0.4 is 10.1 Å². The Morgan fingerprint density at radius 3 is 2.26 bits per heavy atom.